The Bertz CT molecular complexity index is 510. The molecule has 1 aromatic rings. The SMILES string of the molecule is CC1(O)CCN(c2c([N+](=O)[O-])ccc(F)c2F)CC1. The van der Waals surface area contributed by atoms with Gasteiger partial charge in [-0.3, -0.25) is 10.1 Å². The summed E-state index contributed by atoms with van der Waals surface area (Å²) in [4.78, 5) is 11.6. The summed E-state index contributed by atoms with van der Waals surface area (Å²) in [6, 6.07) is 1.71. The summed E-state index contributed by atoms with van der Waals surface area (Å²) in [6.07, 6.45) is 0.695. The molecule has 1 N–H and O–H groups in total. The van der Waals surface area contributed by atoms with Crippen LogP contribution in [-0.2, 0) is 0 Å². The van der Waals surface area contributed by atoms with Gasteiger partial charge < -0.3 is 10.0 Å². The van der Waals surface area contributed by atoms with Gasteiger partial charge in [-0.1, -0.05) is 0 Å². The average molecular weight is 272 g/mol. The maximum atomic E-state index is 13.8. The smallest absolute Gasteiger partial charge is 0.295 e. The predicted octanol–water partition coefficient (Wildman–Crippen LogP) is 2.22. The second kappa shape index (κ2) is 4.73. The number of piperidine rings is 1. The first-order valence-corrected chi connectivity index (χ1v) is 5.91. The van der Waals surface area contributed by atoms with Crippen LogP contribution in [-0.4, -0.2) is 28.7 Å². The molecule has 0 unspecified atom stereocenters. The van der Waals surface area contributed by atoms with Crippen molar-refractivity contribution in [2.45, 2.75) is 25.4 Å². The average Bonchev–Trinajstić information content (AvgIpc) is 2.33. The van der Waals surface area contributed by atoms with Gasteiger partial charge in [0.2, 0.25) is 0 Å². The highest BCUT2D eigenvalue weighted by Crippen LogP contribution is 2.35. The van der Waals surface area contributed by atoms with Crippen LogP contribution in [0.25, 0.3) is 0 Å². The van der Waals surface area contributed by atoms with Gasteiger partial charge in [-0.2, -0.15) is 0 Å². The van der Waals surface area contributed by atoms with Gasteiger partial charge in [0.05, 0.1) is 10.5 Å². The zero-order valence-corrected chi connectivity index (χ0v) is 10.4. The van der Waals surface area contributed by atoms with E-state index in [1.807, 2.05) is 0 Å². The molecule has 0 amide bonds. The third-order valence-corrected chi connectivity index (χ3v) is 3.40. The number of hydrogen-bond acceptors (Lipinski definition) is 4. The molecule has 5 nitrogen and oxygen atoms in total. The molecule has 1 aliphatic rings. The summed E-state index contributed by atoms with van der Waals surface area (Å²) in [5.74, 6) is -2.33. The maximum absolute atomic E-state index is 13.8. The van der Waals surface area contributed by atoms with Gasteiger partial charge >= 0.3 is 0 Å². The molecular weight excluding hydrogens is 258 g/mol. The molecule has 0 saturated carbocycles. The summed E-state index contributed by atoms with van der Waals surface area (Å²) >= 11 is 0. The van der Waals surface area contributed by atoms with Crippen LogP contribution in [0.2, 0.25) is 0 Å². The summed E-state index contributed by atoms with van der Waals surface area (Å²) in [5.41, 5.74) is -1.66. The van der Waals surface area contributed by atoms with Gasteiger partial charge in [-0.25, -0.2) is 8.78 Å². The highest BCUT2D eigenvalue weighted by molar-refractivity contribution is 5.64. The van der Waals surface area contributed by atoms with E-state index >= 15 is 0 Å². The number of hydrogen-bond donors (Lipinski definition) is 1. The Morgan fingerprint density at radius 1 is 1.37 bits per heavy atom. The van der Waals surface area contributed by atoms with E-state index < -0.39 is 27.8 Å². The van der Waals surface area contributed by atoms with E-state index in [1.165, 1.54) is 4.90 Å². The van der Waals surface area contributed by atoms with Crippen LogP contribution in [0.4, 0.5) is 20.2 Å². The molecule has 1 aromatic carbocycles. The molecule has 1 saturated heterocycles. The molecule has 0 radical (unpaired) electrons. The predicted molar refractivity (Wildman–Crippen MR) is 65.1 cm³/mol. The lowest BCUT2D eigenvalue weighted by Gasteiger charge is -2.36. The Morgan fingerprint density at radius 3 is 2.47 bits per heavy atom. The zero-order valence-electron chi connectivity index (χ0n) is 10.4. The minimum Gasteiger partial charge on any atom is -0.390 e. The van der Waals surface area contributed by atoms with Crippen molar-refractivity contribution in [3.63, 3.8) is 0 Å². The Kier molecular flexibility index (Phi) is 3.40. The molecule has 0 aliphatic carbocycles. The Hall–Kier alpha value is -1.76. The fourth-order valence-corrected chi connectivity index (χ4v) is 2.19. The first-order valence-electron chi connectivity index (χ1n) is 5.91. The number of nitrogens with zero attached hydrogens (tertiary/aromatic N) is 2. The molecule has 0 aromatic heterocycles. The zero-order chi connectivity index (χ0) is 14.2. The number of halogens is 2. The number of aliphatic hydroxyl groups is 1. The number of benzene rings is 1. The van der Waals surface area contributed by atoms with E-state index in [0.29, 0.717) is 12.8 Å². The molecule has 0 bridgehead atoms. The lowest BCUT2D eigenvalue weighted by atomic mass is 9.93. The molecule has 0 atom stereocenters. The first kappa shape index (κ1) is 13.7. The van der Waals surface area contributed by atoms with E-state index in [1.54, 1.807) is 6.92 Å². The van der Waals surface area contributed by atoms with Crippen LogP contribution in [0.1, 0.15) is 19.8 Å². The van der Waals surface area contributed by atoms with Crippen LogP contribution >= 0.6 is 0 Å². The van der Waals surface area contributed by atoms with E-state index in [9.17, 15) is 24.0 Å². The number of rotatable bonds is 2. The number of anilines is 1. The van der Waals surface area contributed by atoms with Crippen molar-refractivity contribution in [3.8, 4) is 0 Å². The highest BCUT2D eigenvalue weighted by Gasteiger charge is 2.33. The van der Waals surface area contributed by atoms with Crippen molar-refractivity contribution < 1.29 is 18.8 Å². The van der Waals surface area contributed by atoms with Crippen LogP contribution in [0, 0.1) is 21.7 Å². The fraction of sp³-hybridized carbons (Fsp3) is 0.500. The van der Waals surface area contributed by atoms with E-state index in [2.05, 4.69) is 0 Å². The molecule has 1 aliphatic heterocycles. The summed E-state index contributed by atoms with van der Waals surface area (Å²) in [6.45, 7) is 2.14. The maximum Gasteiger partial charge on any atom is 0.295 e. The van der Waals surface area contributed by atoms with Crippen molar-refractivity contribution in [2.75, 3.05) is 18.0 Å². The molecule has 19 heavy (non-hydrogen) atoms. The molecule has 0 spiro atoms. The van der Waals surface area contributed by atoms with Gasteiger partial charge in [-0.15, -0.1) is 0 Å². The minimum absolute atomic E-state index is 0.244. The van der Waals surface area contributed by atoms with Crippen LogP contribution in [0.15, 0.2) is 12.1 Å². The van der Waals surface area contributed by atoms with E-state index in [4.69, 9.17) is 0 Å². The van der Waals surface area contributed by atoms with Gasteiger partial charge in [0.15, 0.2) is 17.3 Å². The Morgan fingerprint density at radius 2 is 1.95 bits per heavy atom. The minimum atomic E-state index is -1.21. The summed E-state index contributed by atoms with van der Waals surface area (Å²) in [7, 11) is 0. The molecular formula is C12H14F2N2O3. The Balaban J connectivity index is 2.39. The fourth-order valence-electron chi connectivity index (χ4n) is 2.19. The van der Waals surface area contributed by atoms with Gasteiger partial charge in [0.1, 0.15) is 0 Å². The van der Waals surface area contributed by atoms with Crippen molar-refractivity contribution in [1.82, 2.24) is 0 Å². The molecule has 7 heteroatoms. The number of nitro groups is 1. The van der Waals surface area contributed by atoms with Crippen LogP contribution < -0.4 is 4.90 Å². The van der Waals surface area contributed by atoms with E-state index in [-0.39, 0.29) is 18.8 Å². The lowest BCUT2D eigenvalue weighted by Crippen LogP contribution is -2.43. The topological polar surface area (TPSA) is 66.6 Å². The molecule has 104 valence electrons. The standard InChI is InChI=1S/C12H14F2N2O3/c1-12(17)4-6-15(7-5-12)11-9(16(18)19)3-2-8(13)10(11)14/h2-3,17H,4-7H2,1H3. The van der Waals surface area contributed by atoms with Gasteiger partial charge in [0, 0.05) is 19.2 Å². The van der Waals surface area contributed by atoms with Crippen molar-refractivity contribution in [1.29, 1.82) is 0 Å². The summed E-state index contributed by atoms with van der Waals surface area (Å²) in [5, 5.41) is 20.7. The second-order valence-electron chi connectivity index (χ2n) is 4.97. The van der Waals surface area contributed by atoms with E-state index in [0.717, 1.165) is 12.1 Å². The lowest BCUT2D eigenvalue weighted by molar-refractivity contribution is -0.384. The second-order valence-corrected chi connectivity index (χ2v) is 4.97. The van der Waals surface area contributed by atoms with Gasteiger partial charge in [-0.05, 0) is 25.8 Å². The van der Waals surface area contributed by atoms with Crippen LogP contribution in [0.3, 0.4) is 0 Å². The molecule has 1 heterocycles. The van der Waals surface area contributed by atoms with Gasteiger partial charge in [0.25, 0.3) is 5.69 Å². The monoisotopic (exact) mass is 272 g/mol. The highest BCUT2D eigenvalue weighted by atomic mass is 19.2. The Labute approximate surface area is 108 Å². The third-order valence-electron chi connectivity index (χ3n) is 3.40. The first-order chi connectivity index (χ1) is 8.82. The number of nitro benzene ring substituents is 1. The largest absolute Gasteiger partial charge is 0.390 e. The molecule has 1 fully saturated rings. The van der Waals surface area contributed by atoms with Crippen LogP contribution in [0.5, 0.6) is 0 Å². The summed E-state index contributed by atoms with van der Waals surface area (Å²) < 4.78 is 27.1. The quantitative estimate of drug-likeness (QED) is 0.662. The van der Waals surface area contributed by atoms with Crippen molar-refractivity contribution in [3.05, 3.63) is 33.9 Å². The molecule has 2 rings (SSSR count). The third kappa shape index (κ3) is 2.65. The van der Waals surface area contributed by atoms with Crippen molar-refractivity contribution >= 4 is 11.4 Å². The van der Waals surface area contributed by atoms with Crippen molar-refractivity contribution in [2.24, 2.45) is 0 Å². The normalized spacial score (nSPS) is 18.4.